The molecule has 114 valence electrons. The van der Waals surface area contributed by atoms with Crippen molar-refractivity contribution in [2.24, 2.45) is 5.92 Å². The molecule has 0 spiro atoms. The van der Waals surface area contributed by atoms with Crippen LogP contribution in [-0.4, -0.2) is 23.5 Å². The van der Waals surface area contributed by atoms with Gasteiger partial charge in [-0.05, 0) is 65.1 Å². The van der Waals surface area contributed by atoms with Gasteiger partial charge in [0.15, 0.2) is 0 Å². The zero-order valence-electron chi connectivity index (χ0n) is 13.5. The Morgan fingerprint density at radius 2 is 2.10 bits per heavy atom. The second-order valence-corrected chi connectivity index (χ2v) is 7.28. The average Bonchev–Trinajstić information content (AvgIpc) is 2.69. The maximum atomic E-state index is 5.72. The first-order valence-electron chi connectivity index (χ1n) is 7.97. The van der Waals surface area contributed by atoms with E-state index in [2.05, 4.69) is 44.0 Å². The highest BCUT2D eigenvalue weighted by molar-refractivity contribution is 5.17. The largest absolute Gasteiger partial charge is 0.468 e. The molecule has 2 heterocycles. The molecule has 0 amide bonds. The standard InChI is InChI=1S/C17H30N2O/c1-14-6-5-9-19(10-7-14)13-16-15(8-11-20-16)12-18-17(2,3)4/h8,11,14,18H,5-7,9-10,12-13H2,1-4H3. The van der Waals surface area contributed by atoms with Gasteiger partial charge in [0.1, 0.15) is 5.76 Å². The van der Waals surface area contributed by atoms with Crippen molar-refractivity contribution in [3.05, 3.63) is 23.7 Å². The van der Waals surface area contributed by atoms with E-state index in [0.717, 1.165) is 24.8 Å². The monoisotopic (exact) mass is 278 g/mol. The van der Waals surface area contributed by atoms with Crippen molar-refractivity contribution in [3.8, 4) is 0 Å². The molecule has 1 aliphatic rings. The van der Waals surface area contributed by atoms with Gasteiger partial charge in [0, 0.05) is 17.6 Å². The molecule has 3 heteroatoms. The van der Waals surface area contributed by atoms with Crippen LogP contribution in [0.2, 0.25) is 0 Å². The Balaban J connectivity index is 1.91. The minimum Gasteiger partial charge on any atom is -0.468 e. The van der Waals surface area contributed by atoms with Crippen LogP contribution in [0.3, 0.4) is 0 Å². The van der Waals surface area contributed by atoms with E-state index in [0.29, 0.717) is 0 Å². The van der Waals surface area contributed by atoms with Gasteiger partial charge in [0.05, 0.1) is 12.8 Å². The van der Waals surface area contributed by atoms with Crippen molar-refractivity contribution < 1.29 is 4.42 Å². The summed E-state index contributed by atoms with van der Waals surface area (Å²) in [5, 5.41) is 3.54. The van der Waals surface area contributed by atoms with Gasteiger partial charge in [0.25, 0.3) is 0 Å². The SMILES string of the molecule is CC1CCCN(Cc2occc2CNC(C)(C)C)CC1. The Bertz CT molecular complexity index is 405. The van der Waals surface area contributed by atoms with E-state index in [1.807, 2.05) is 6.26 Å². The Morgan fingerprint density at radius 3 is 2.85 bits per heavy atom. The Kier molecular flexibility index (Phi) is 5.28. The number of rotatable bonds is 4. The van der Waals surface area contributed by atoms with Crippen molar-refractivity contribution in [2.75, 3.05) is 13.1 Å². The highest BCUT2D eigenvalue weighted by Gasteiger charge is 2.17. The molecule has 1 aliphatic heterocycles. The lowest BCUT2D eigenvalue weighted by Crippen LogP contribution is -2.35. The van der Waals surface area contributed by atoms with Gasteiger partial charge in [0.2, 0.25) is 0 Å². The molecule has 1 aromatic rings. The molecule has 1 saturated heterocycles. The summed E-state index contributed by atoms with van der Waals surface area (Å²) < 4.78 is 5.72. The Hall–Kier alpha value is -0.800. The van der Waals surface area contributed by atoms with Crippen molar-refractivity contribution in [1.29, 1.82) is 0 Å². The van der Waals surface area contributed by atoms with Crippen molar-refractivity contribution in [3.63, 3.8) is 0 Å². The predicted molar refractivity (Wildman–Crippen MR) is 83.6 cm³/mol. The van der Waals surface area contributed by atoms with E-state index < -0.39 is 0 Å². The van der Waals surface area contributed by atoms with Crippen LogP contribution in [0.1, 0.15) is 58.3 Å². The third kappa shape index (κ3) is 4.95. The summed E-state index contributed by atoms with van der Waals surface area (Å²) in [6.07, 6.45) is 5.83. The molecule has 1 unspecified atom stereocenters. The summed E-state index contributed by atoms with van der Waals surface area (Å²) in [6.45, 7) is 13.2. The Labute approximate surface area is 123 Å². The van der Waals surface area contributed by atoms with Crippen molar-refractivity contribution in [1.82, 2.24) is 10.2 Å². The molecule has 2 rings (SSSR count). The second-order valence-electron chi connectivity index (χ2n) is 7.28. The molecule has 0 radical (unpaired) electrons. The van der Waals surface area contributed by atoms with Crippen LogP contribution >= 0.6 is 0 Å². The fourth-order valence-corrected chi connectivity index (χ4v) is 2.71. The zero-order valence-corrected chi connectivity index (χ0v) is 13.5. The van der Waals surface area contributed by atoms with Crippen molar-refractivity contribution in [2.45, 2.75) is 65.6 Å². The molecule has 3 nitrogen and oxygen atoms in total. The lowest BCUT2D eigenvalue weighted by Gasteiger charge is -2.22. The van der Waals surface area contributed by atoms with Gasteiger partial charge >= 0.3 is 0 Å². The van der Waals surface area contributed by atoms with Gasteiger partial charge < -0.3 is 9.73 Å². The number of nitrogens with one attached hydrogen (secondary N) is 1. The van der Waals surface area contributed by atoms with E-state index in [-0.39, 0.29) is 5.54 Å². The van der Waals surface area contributed by atoms with Crippen LogP contribution in [0.4, 0.5) is 0 Å². The smallest absolute Gasteiger partial charge is 0.122 e. The van der Waals surface area contributed by atoms with E-state index in [9.17, 15) is 0 Å². The van der Waals surface area contributed by atoms with Crippen LogP contribution in [0.25, 0.3) is 0 Å². The van der Waals surface area contributed by atoms with Gasteiger partial charge in [-0.1, -0.05) is 6.92 Å². The summed E-state index contributed by atoms with van der Waals surface area (Å²) in [4.78, 5) is 2.54. The summed E-state index contributed by atoms with van der Waals surface area (Å²) >= 11 is 0. The topological polar surface area (TPSA) is 28.4 Å². The maximum absolute atomic E-state index is 5.72. The number of hydrogen-bond donors (Lipinski definition) is 1. The number of nitrogens with zero attached hydrogens (tertiary/aromatic N) is 1. The minimum atomic E-state index is 0.145. The van der Waals surface area contributed by atoms with Crippen LogP contribution in [0, 0.1) is 5.92 Å². The average molecular weight is 278 g/mol. The first-order valence-corrected chi connectivity index (χ1v) is 7.97. The Morgan fingerprint density at radius 1 is 1.30 bits per heavy atom. The van der Waals surface area contributed by atoms with E-state index >= 15 is 0 Å². The number of likely N-dealkylation sites (tertiary alicyclic amines) is 1. The third-order valence-corrected chi connectivity index (χ3v) is 4.12. The lowest BCUT2D eigenvalue weighted by atomic mass is 10.0. The first-order chi connectivity index (χ1) is 9.44. The lowest BCUT2D eigenvalue weighted by molar-refractivity contribution is 0.248. The van der Waals surface area contributed by atoms with Crippen LogP contribution in [0.5, 0.6) is 0 Å². The van der Waals surface area contributed by atoms with Gasteiger partial charge in [-0.15, -0.1) is 0 Å². The number of hydrogen-bond acceptors (Lipinski definition) is 3. The molecule has 20 heavy (non-hydrogen) atoms. The van der Waals surface area contributed by atoms with Gasteiger partial charge in [-0.25, -0.2) is 0 Å². The van der Waals surface area contributed by atoms with E-state index in [1.165, 1.54) is 37.9 Å². The molecular formula is C17H30N2O. The maximum Gasteiger partial charge on any atom is 0.122 e. The summed E-state index contributed by atoms with van der Waals surface area (Å²) in [7, 11) is 0. The van der Waals surface area contributed by atoms with Crippen molar-refractivity contribution >= 4 is 0 Å². The summed E-state index contributed by atoms with van der Waals surface area (Å²) in [6, 6.07) is 2.11. The molecule has 0 bridgehead atoms. The molecule has 1 aromatic heterocycles. The summed E-state index contributed by atoms with van der Waals surface area (Å²) in [5.74, 6) is 2.01. The highest BCUT2D eigenvalue weighted by atomic mass is 16.3. The first kappa shape index (κ1) is 15.6. The molecule has 1 fully saturated rings. The molecule has 0 saturated carbocycles. The third-order valence-electron chi connectivity index (χ3n) is 4.12. The minimum absolute atomic E-state index is 0.145. The number of furan rings is 1. The molecule has 1 N–H and O–H groups in total. The fourth-order valence-electron chi connectivity index (χ4n) is 2.71. The van der Waals surface area contributed by atoms with Crippen LogP contribution in [0.15, 0.2) is 16.7 Å². The zero-order chi connectivity index (χ0) is 14.6. The van der Waals surface area contributed by atoms with Gasteiger partial charge in [-0.3, -0.25) is 4.90 Å². The molecule has 0 aliphatic carbocycles. The van der Waals surface area contributed by atoms with Gasteiger partial charge in [-0.2, -0.15) is 0 Å². The normalized spacial score (nSPS) is 21.9. The fraction of sp³-hybridized carbons (Fsp3) is 0.765. The van der Waals surface area contributed by atoms with Crippen LogP contribution < -0.4 is 5.32 Å². The molecule has 0 aromatic carbocycles. The van der Waals surface area contributed by atoms with E-state index in [1.54, 1.807) is 0 Å². The van der Waals surface area contributed by atoms with E-state index in [4.69, 9.17) is 4.42 Å². The predicted octanol–water partition coefficient (Wildman–Crippen LogP) is 3.79. The van der Waals surface area contributed by atoms with Crippen LogP contribution in [-0.2, 0) is 13.1 Å². The molecular weight excluding hydrogens is 248 g/mol. The molecule has 1 atom stereocenters. The summed E-state index contributed by atoms with van der Waals surface area (Å²) in [5.41, 5.74) is 1.45. The second kappa shape index (κ2) is 6.77. The quantitative estimate of drug-likeness (QED) is 0.908. The highest BCUT2D eigenvalue weighted by Crippen LogP contribution is 2.20.